The van der Waals surface area contributed by atoms with Crippen LogP contribution in [0.1, 0.15) is 28.9 Å². The van der Waals surface area contributed by atoms with Gasteiger partial charge in [-0.15, -0.1) is 0 Å². The van der Waals surface area contributed by atoms with Crippen molar-refractivity contribution in [2.45, 2.75) is 32.4 Å². The number of pyridine rings is 1. The number of anilines is 1. The number of aromatic nitrogens is 1. The third kappa shape index (κ3) is 3.87. The van der Waals surface area contributed by atoms with Gasteiger partial charge in [0.1, 0.15) is 11.3 Å². The summed E-state index contributed by atoms with van der Waals surface area (Å²) < 4.78 is 7.03. The molecule has 1 saturated heterocycles. The molecule has 6 nitrogen and oxygen atoms in total. The van der Waals surface area contributed by atoms with Crippen molar-refractivity contribution in [2.75, 3.05) is 11.9 Å². The van der Waals surface area contributed by atoms with Crippen molar-refractivity contribution in [3.8, 4) is 5.75 Å². The third-order valence-electron chi connectivity index (χ3n) is 4.30. The Morgan fingerprint density at radius 3 is 2.77 bits per heavy atom. The van der Waals surface area contributed by atoms with Gasteiger partial charge in [-0.2, -0.15) is 0 Å². The van der Waals surface area contributed by atoms with Gasteiger partial charge in [0, 0.05) is 24.1 Å². The normalized spacial score (nSPS) is 16.7. The molecule has 0 saturated carbocycles. The van der Waals surface area contributed by atoms with Gasteiger partial charge in [0.05, 0.1) is 22.7 Å². The zero-order chi connectivity index (χ0) is 18.8. The molecule has 1 aliphatic heterocycles. The lowest BCUT2D eigenvalue weighted by molar-refractivity contribution is 0.0946. The maximum atomic E-state index is 12.8. The smallest absolute Gasteiger partial charge is 0.267 e. The standard InChI is InChI=1S/C18H18Cl2N2O4/c1-10-7-15(23)16(18(25)22(10)9-12-3-2-6-26-12)17(24)21-11-4-5-13(19)14(20)8-11/h4-5,7-8,12,23H,2-3,6,9H2,1H3,(H,21,24)/t12-/m0/s1. The number of amides is 1. The quantitative estimate of drug-likeness (QED) is 0.826. The first-order chi connectivity index (χ1) is 12.4. The summed E-state index contributed by atoms with van der Waals surface area (Å²) in [6.45, 7) is 2.72. The second-order valence-electron chi connectivity index (χ2n) is 6.18. The van der Waals surface area contributed by atoms with E-state index in [0.29, 0.717) is 29.6 Å². The monoisotopic (exact) mass is 396 g/mol. The van der Waals surface area contributed by atoms with Crippen LogP contribution in [0.25, 0.3) is 0 Å². The highest BCUT2D eigenvalue weighted by Crippen LogP contribution is 2.26. The number of nitrogens with zero attached hydrogens (tertiary/aromatic N) is 1. The fourth-order valence-electron chi connectivity index (χ4n) is 2.95. The number of ether oxygens (including phenoxy) is 1. The Hall–Kier alpha value is -2.02. The highest BCUT2D eigenvalue weighted by Gasteiger charge is 2.23. The summed E-state index contributed by atoms with van der Waals surface area (Å²) in [5, 5.41) is 13.3. The molecule has 2 N–H and O–H groups in total. The second kappa shape index (κ2) is 7.70. The Bertz CT molecular complexity index is 905. The number of carbonyl (C=O) groups excluding carboxylic acids is 1. The van der Waals surface area contributed by atoms with E-state index in [2.05, 4.69) is 5.32 Å². The van der Waals surface area contributed by atoms with Crippen molar-refractivity contribution in [1.82, 2.24) is 4.57 Å². The highest BCUT2D eigenvalue weighted by atomic mass is 35.5. The van der Waals surface area contributed by atoms with Gasteiger partial charge in [0.25, 0.3) is 11.5 Å². The Morgan fingerprint density at radius 2 is 2.12 bits per heavy atom. The largest absolute Gasteiger partial charge is 0.507 e. The lowest BCUT2D eigenvalue weighted by Crippen LogP contribution is -2.33. The van der Waals surface area contributed by atoms with Crippen LogP contribution in [0.4, 0.5) is 5.69 Å². The topological polar surface area (TPSA) is 80.6 Å². The molecule has 0 aliphatic carbocycles. The zero-order valence-electron chi connectivity index (χ0n) is 14.1. The molecule has 0 unspecified atom stereocenters. The number of hydrogen-bond acceptors (Lipinski definition) is 4. The second-order valence-corrected chi connectivity index (χ2v) is 6.99. The van der Waals surface area contributed by atoms with Crippen LogP contribution in [0.15, 0.2) is 29.1 Å². The molecule has 1 fully saturated rings. The van der Waals surface area contributed by atoms with E-state index in [9.17, 15) is 14.7 Å². The fraction of sp³-hybridized carbons (Fsp3) is 0.333. The first-order valence-electron chi connectivity index (χ1n) is 8.18. The molecule has 3 rings (SSSR count). The molecule has 2 heterocycles. The Labute approximate surface area is 160 Å². The van der Waals surface area contributed by atoms with E-state index < -0.39 is 11.5 Å². The Balaban J connectivity index is 1.91. The minimum Gasteiger partial charge on any atom is -0.507 e. The van der Waals surface area contributed by atoms with Gasteiger partial charge < -0.3 is 19.7 Å². The Morgan fingerprint density at radius 1 is 1.35 bits per heavy atom. The molecule has 8 heteroatoms. The van der Waals surface area contributed by atoms with Crippen molar-refractivity contribution < 1.29 is 14.6 Å². The van der Waals surface area contributed by atoms with Crippen LogP contribution in [-0.4, -0.2) is 28.3 Å². The molecule has 26 heavy (non-hydrogen) atoms. The number of nitrogens with one attached hydrogen (secondary N) is 1. The molecule has 1 atom stereocenters. The summed E-state index contributed by atoms with van der Waals surface area (Å²) in [6.07, 6.45) is 1.74. The van der Waals surface area contributed by atoms with E-state index in [0.717, 1.165) is 12.8 Å². The van der Waals surface area contributed by atoms with Crippen molar-refractivity contribution in [3.05, 3.63) is 55.9 Å². The third-order valence-corrected chi connectivity index (χ3v) is 5.04. The van der Waals surface area contributed by atoms with Gasteiger partial charge in [0.15, 0.2) is 0 Å². The molecule has 138 valence electrons. The molecular weight excluding hydrogens is 379 g/mol. The van der Waals surface area contributed by atoms with Crippen LogP contribution in [0.5, 0.6) is 5.75 Å². The summed E-state index contributed by atoms with van der Waals surface area (Å²) in [7, 11) is 0. The lowest BCUT2D eigenvalue weighted by Gasteiger charge is -2.17. The molecule has 1 aliphatic rings. The van der Waals surface area contributed by atoms with Crippen LogP contribution < -0.4 is 10.9 Å². The predicted octanol–water partition coefficient (Wildman–Crippen LogP) is 3.60. The molecule has 1 amide bonds. The van der Waals surface area contributed by atoms with E-state index in [1.54, 1.807) is 13.0 Å². The average molecular weight is 397 g/mol. The molecule has 2 aromatic rings. The maximum absolute atomic E-state index is 12.8. The van der Waals surface area contributed by atoms with Crippen LogP contribution in [0.3, 0.4) is 0 Å². The number of rotatable bonds is 4. The zero-order valence-corrected chi connectivity index (χ0v) is 15.6. The number of benzene rings is 1. The van der Waals surface area contributed by atoms with Crippen molar-refractivity contribution in [2.24, 2.45) is 0 Å². The van der Waals surface area contributed by atoms with E-state index in [1.165, 1.54) is 22.8 Å². The average Bonchev–Trinajstić information content (AvgIpc) is 3.08. The number of aromatic hydroxyl groups is 1. The van der Waals surface area contributed by atoms with E-state index >= 15 is 0 Å². The van der Waals surface area contributed by atoms with Gasteiger partial charge in [0.2, 0.25) is 0 Å². The number of halogens is 2. The highest BCUT2D eigenvalue weighted by molar-refractivity contribution is 6.42. The van der Waals surface area contributed by atoms with Gasteiger partial charge in [-0.1, -0.05) is 23.2 Å². The summed E-state index contributed by atoms with van der Waals surface area (Å²) in [6, 6.07) is 5.96. The van der Waals surface area contributed by atoms with Crippen molar-refractivity contribution in [1.29, 1.82) is 0 Å². The molecule has 0 radical (unpaired) electrons. The summed E-state index contributed by atoms with van der Waals surface area (Å²) in [5.74, 6) is -1.08. The fourth-order valence-corrected chi connectivity index (χ4v) is 3.25. The van der Waals surface area contributed by atoms with Gasteiger partial charge in [-0.05, 0) is 38.0 Å². The number of carbonyl (C=O) groups is 1. The van der Waals surface area contributed by atoms with Crippen molar-refractivity contribution >= 4 is 34.8 Å². The van der Waals surface area contributed by atoms with E-state index in [4.69, 9.17) is 27.9 Å². The number of aryl methyl sites for hydroxylation is 1. The van der Waals surface area contributed by atoms with Gasteiger partial charge in [-0.3, -0.25) is 9.59 Å². The van der Waals surface area contributed by atoms with Gasteiger partial charge >= 0.3 is 0 Å². The first-order valence-corrected chi connectivity index (χ1v) is 8.94. The molecule has 0 spiro atoms. The first kappa shape index (κ1) is 18.8. The summed E-state index contributed by atoms with van der Waals surface area (Å²) in [5.41, 5.74) is 0.0544. The number of hydrogen-bond donors (Lipinski definition) is 2. The van der Waals surface area contributed by atoms with E-state index in [1.807, 2.05) is 0 Å². The minimum absolute atomic E-state index is 0.0677. The van der Waals surface area contributed by atoms with Crippen LogP contribution >= 0.6 is 23.2 Å². The van der Waals surface area contributed by atoms with E-state index in [-0.39, 0.29) is 22.4 Å². The van der Waals surface area contributed by atoms with Crippen LogP contribution in [0.2, 0.25) is 10.0 Å². The SMILES string of the molecule is Cc1cc(O)c(C(=O)Nc2ccc(Cl)c(Cl)c2)c(=O)n1C[C@@H]1CCCO1. The van der Waals surface area contributed by atoms with Crippen molar-refractivity contribution in [3.63, 3.8) is 0 Å². The molecule has 1 aromatic carbocycles. The molecule has 1 aromatic heterocycles. The lowest BCUT2D eigenvalue weighted by atomic mass is 10.1. The summed E-state index contributed by atoms with van der Waals surface area (Å²) >= 11 is 11.8. The minimum atomic E-state index is -0.716. The molecular formula is C18H18Cl2N2O4. The van der Waals surface area contributed by atoms with Crippen LogP contribution in [0, 0.1) is 6.92 Å². The maximum Gasteiger partial charge on any atom is 0.267 e. The molecule has 0 bridgehead atoms. The van der Waals surface area contributed by atoms with Gasteiger partial charge in [-0.25, -0.2) is 0 Å². The predicted molar refractivity (Wildman–Crippen MR) is 100 cm³/mol. The Kier molecular flexibility index (Phi) is 5.55. The summed E-state index contributed by atoms with van der Waals surface area (Å²) in [4.78, 5) is 25.4. The van der Waals surface area contributed by atoms with Crippen LogP contribution in [-0.2, 0) is 11.3 Å².